The molecule has 1 aliphatic heterocycles. The molecule has 0 saturated carbocycles. The highest BCUT2D eigenvalue weighted by atomic mass is 79.9. The molecule has 1 saturated heterocycles. The van der Waals surface area contributed by atoms with Crippen molar-refractivity contribution in [1.82, 2.24) is 9.69 Å². The third kappa shape index (κ3) is 4.40. The van der Waals surface area contributed by atoms with E-state index in [4.69, 9.17) is 0 Å². The highest BCUT2D eigenvalue weighted by Gasteiger charge is 2.31. The van der Waals surface area contributed by atoms with Gasteiger partial charge in [-0.2, -0.15) is 0 Å². The smallest absolute Gasteiger partial charge is 0.406 e. The Kier molecular flexibility index (Phi) is 6.11. The van der Waals surface area contributed by atoms with Crippen LogP contribution in [0.2, 0.25) is 0 Å². The molecule has 0 bridgehead atoms. The van der Waals surface area contributed by atoms with E-state index in [1.165, 1.54) is 35.8 Å². The van der Waals surface area contributed by atoms with Crippen molar-refractivity contribution in [3.8, 4) is 16.9 Å². The highest BCUT2D eigenvalue weighted by molar-refractivity contribution is 8.93. The summed E-state index contributed by atoms with van der Waals surface area (Å²) in [4.78, 5) is 13.1. The van der Waals surface area contributed by atoms with E-state index in [9.17, 15) is 18.0 Å². The first kappa shape index (κ1) is 19.0. The second-order valence-corrected chi connectivity index (χ2v) is 6.22. The molecule has 0 spiro atoms. The van der Waals surface area contributed by atoms with Crippen molar-refractivity contribution in [1.29, 1.82) is 0 Å². The molecule has 9 heteroatoms. The largest absolute Gasteiger partial charge is 0.573 e. The summed E-state index contributed by atoms with van der Waals surface area (Å²) in [5, 5.41) is 3.27. The predicted octanol–water partition coefficient (Wildman–Crippen LogP) is 4.05. The first-order valence-corrected chi connectivity index (χ1v) is 8.04. The van der Waals surface area contributed by atoms with Crippen LogP contribution in [-0.2, 0) is 0 Å². The van der Waals surface area contributed by atoms with Crippen LogP contribution in [0.5, 0.6) is 5.75 Å². The van der Waals surface area contributed by atoms with E-state index in [1.54, 1.807) is 0 Å². The average molecular weight is 425 g/mol. The van der Waals surface area contributed by atoms with Gasteiger partial charge in [-0.25, -0.2) is 0 Å². The Balaban J connectivity index is 0.00000208. The van der Waals surface area contributed by atoms with Crippen molar-refractivity contribution < 1.29 is 17.9 Å². The summed E-state index contributed by atoms with van der Waals surface area (Å²) in [6.45, 7) is 1.79. The molecule has 24 heavy (non-hydrogen) atoms. The Morgan fingerprint density at radius 3 is 2.33 bits per heavy atom. The number of hydrogen-bond acceptors (Lipinski definition) is 4. The fourth-order valence-electron chi connectivity index (χ4n) is 2.78. The number of benzene rings is 1. The second kappa shape index (κ2) is 7.71. The molecule has 2 aromatic rings. The van der Waals surface area contributed by atoms with Crippen LogP contribution in [0.25, 0.3) is 11.1 Å². The molecular weight excluding hydrogens is 409 g/mol. The normalized spacial score (nSPS) is 15.8. The van der Waals surface area contributed by atoms with Gasteiger partial charge in [-0.15, -0.1) is 30.2 Å². The number of ether oxygens (including phenoxy) is 1. The summed E-state index contributed by atoms with van der Waals surface area (Å²) in [7, 11) is 0. The summed E-state index contributed by atoms with van der Waals surface area (Å²) in [6.07, 6.45) is -2.84. The molecule has 1 aromatic carbocycles. The quantitative estimate of drug-likeness (QED) is 0.781. The maximum Gasteiger partial charge on any atom is 0.573 e. The SMILES string of the molecule is Br.O=c1[nH]sc(C2CCNCC2)c1-c1ccc(OC(F)(F)F)cc1. The van der Waals surface area contributed by atoms with Gasteiger partial charge in [0.15, 0.2) is 0 Å². The fraction of sp³-hybridized carbons (Fsp3) is 0.400. The van der Waals surface area contributed by atoms with Gasteiger partial charge in [-0.05, 0) is 49.5 Å². The number of halogens is 4. The Morgan fingerprint density at radius 2 is 1.75 bits per heavy atom. The fourth-order valence-corrected chi connectivity index (χ4v) is 3.80. The Morgan fingerprint density at radius 1 is 1.12 bits per heavy atom. The summed E-state index contributed by atoms with van der Waals surface area (Å²) >= 11 is 1.32. The minimum Gasteiger partial charge on any atom is -0.406 e. The van der Waals surface area contributed by atoms with E-state index in [-0.39, 0.29) is 28.3 Å². The lowest BCUT2D eigenvalue weighted by molar-refractivity contribution is -0.274. The topological polar surface area (TPSA) is 54.1 Å². The van der Waals surface area contributed by atoms with E-state index >= 15 is 0 Å². The van der Waals surface area contributed by atoms with E-state index < -0.39 is 6.36 Å². The molecule has 0 radical (unpaired) electrons. The lowest BCUT2D eigenvalue weighted by Crippen LogP contribution is -2.26. The highest BCUT2D eigenvalue weighted by Crippen LogP contribution is 2.35. The van der Waals surface area contributed by atoms with Crippen molar-refractivity contribution in [2.24, 2.45) is 0 Å². The van der Waals surface area contributed by atoms with Crippen LogP contribution in [0.4, 0.5) is 13.2 Å². The van der Waals surface area contributed by atoms with Crippen LogP contribution in [0.3, 0.4) is 0 Å². The average Bonchev–Trinajstić information content (AvgIpc) is 2.89. The zero-order valence-electron chi connectivity index (χ0n) is 12.5. The van der Waals surface area contributed by atoms with E-state index in [0.29, 0.717) is 17.0 Å². The Hall–Kier alpha value is -1.32. The molecular formula is C15H16BrF3N2O2S. The Labute approximate surface area is 151 Å². The van der Waals surface area contributed by atoms with E-state index in [1.807, 2.05) is 0 Å². The maximum atomic E-state index is 12.2. The summed E-state index contributed by atoms with van der Waals surface area (Å²) in [5.41, 5.74) is 0.962. The third-order valence-electron chi connectivity index (χ3n) is 3.81. The molecule has 4 nitrogen and oxygen atoms in total. The third-order valence-corrected chi connectivity index (χ3v) is 4.86. The van der Waals surface area contributed by atoms with Crippen LogP contribution in [-0.4, -0.2) is 23.8 Å². The lowest BCUT2D eigenvalue weighted by atomic mass is 9.92. The molecule has 2 heterocycles. The van der Waals surface area contributed by atoms with E-state index in [0.717, 1.165) is 30.8 Å². The van der Waals surface area contributed by atoms with Crippen LogP contribution in [0, 0.1) is 0 Å². The number of rotatable bonds is 3. The van der Waals surface area contributed by atoms with Crippen molar-refractivity contribution in [2.75, 3.05) is 13.1 Å². The summed E-state index contributed by atoms with van der Waals surface area (Å²) < 4.78 is 43.2. The molecule has 0 aliphatic carbocycles. The van der Waals surface area contributed by atoms with Gasteiger partial charge in [-0.3, -0.25) is 9.17 Å². The zero-order valence-corrected chi connectivity index (χ0v) is 15.0. The number of aromatic amines is 1. The van der Waals surface area contributed by atoms with Crippen molar-refractivity contribution in [3.05, 3.63) is 39.5 Å². The van der Waals surface area contributed by atoms with Gasteiger partial charge in [0, 0.05) is 4.88 Å². The number of aromatic nitrogens is 1. The Bertz CT molecular complexity index is 722. The zero-order chi connectivity index (χ0) is 16.4. The molecule has 0 amide bonds. The molecule has 0 atom stereocenters. The van der Waals surface area contributed by atoms with Crippen LogP contribution < -0.4 is 15.6 Å². The number of H-pyrrole nitrogens is 1. The van der Waals surface area contributed by atoms with Gasteiger partial charge in [0.1, 0.15) is 5.75 Å². The van der Waals surface area contributed by atoms with Crippen LogP contribution >= 0.6 is 28.5 Å². The molecule has 1 aliphatic rings. The van der Waals surface area contributed by atoms with Crippen molar-refractivity contribution >= 4 is 28.5 Å². The van der Waals surface area contributed by atoms with Gasteiger partial charge in [0.05, 0.1) is 5.56 Å². The monoisotopic (exact) mass is 424 g/mol. The predicted molar refractivity (Wildman–Crippen MR) is 92.2 cm³/mol. The first-order chi connectivity index (χ1) is 10.9. The molecule has 132 valence electrons. The maximum absolute atomic E-state index is 12.2. The second-order valence-electron chi connectivity index (χ2n) is 5.37. The number of alkyl halides is 3. The summed E-state index contributed by atoms with van der Waals surface area (Å²) in [5.74, 6) is -0.00220. The first-order valence-electron chi connectivity index (χ1n) is 7.22. The van der Waals surface area contributed by atoms with Gasteiger partial charge in [-0.1, -0.05) is 23.7 Å². The van der Waals surface area contributed by atoms with Crippen molar-refractivity contribution in [2.45, 2.75) is 25.1 Å². The van der Waals surface area contributed by atoms with Crippen LogP contribution in [0.1, 0.15) is 23.6 Å². The number of nitrogens with one attached hydrogen (secondary N) is 2. The summed E-state index contributed by atoms with van der Waals surface area (Å²) in [6, 6.07) is 5.43. The van der Waals surface area contributed by atoms with E-state index in [2.05, 4.69) is 14.4 Å². The lowest BCUT2D eigenvalue weighted by Gasteiger charge is -2.22. The van der Waals surface area contributed by atoms with Gasteiger partial charge >= 0.3 is 6.36 Å². The van der Waals surface area contributed by atoms with Gasteiger partial charge in [0.25, 0.3) is 5.56 Å². The van der Waals surface area contributed by atoms with Gasteiger partial charge < -0.3 is 10.1 Å². The molecule has 3 rings (SSSR count). The van der Waals surface area contributed by atoms with Gasteiger partial charge in [0.2, 0.25) is 0 Å². The van der Waals surface area contributed by atoms with Crippen LogP contribution in [0.15, 0.2) is 29.1 Å². The molecule has 0 unspecified atom stereocenters. The number of piperidine rings is 1. The molecule has 2 N–H and O–H groups in total. The number of hydrogen-bond donors (Lipinski definition) is 2. The minimum absolute atomic E-state index is 0. The molecule has 1 fully saturated rings. The molecule has 1 aromatic heterocycles. The minimum atomic E-state index is -4.72. The van der Waals surface area contributed by atoms with Crippen molar-refractivity contribution in [3.63, 3.8) is 0 Å². The standard InChI is InChI=1S/C15H15F3N2O2S.BrH/c16-15(17,18)22-11-3-1-9(2-4-11)12-13(23-20-14(12)21)10-5-7-19-8-6-10;/h1-4,10,19H,5-8H2,(H,20,21);1H.